The summed E-state index contributed by atoms with van der Waals surface area (Å²) in [4.78, 5) is 0. The molecular formula is C19H15ClO. The van der Waals surface area contributed by atoms with Crippen LogP contribution in [0.4, 0.5) is 0 Å². The first kappa shape index (κ1) is 12.7. The fourth-order valence-corrected chi connectivity index (χ4v) is 3.34. The highest BCUT2D eigenvalue weighted by molar-refractivity contribution is 6.23. The van der Waals surface area contributed by atoms with E-state index in [1.54, 1.807) is 0 Å². The van der Waals surface area contributed by atoms with Crippen molar-refractivity contribution in [1.29, 1.82) is 0 Å². The van der Waals surface area contributed by atoms with E-state index in [0.29, 0.717) is 0 Å². The molecule has 1 atom stereocenters. The standard InChI is InChI=1S/C19H15ClO/c20-19(15-8-9-18-14(12-15)10-11-21-18)17-7-3-5-13-4-1-2-6-16(13)17/h1-9,12,19H,10-11H2. The zero-order valence-corrected chi connectivity index (χ0v) is 12.3. The van der Waals surface area contributed by atoms with Gasteiger partial charge in [0, 0.05) is 6.42 Å². The Kier molecular flexibility index (Phi) is 3.08. The van der Waals surface area contributed by atoms with Crippen LogP contribution >= 0.6 is 11.6 Å². The average molecular weight is 295 g/mol. The fourth-order valence-electron chi connectivity index (χ4n) is 3.02. The second-order valence-electron chi connectivity index (χ2n) is 5.40. The lowest BCUT2D eigenvalue weighted by Crippen LogP contribution is -1.95. The average Bonchev–Trinajstić information content (AvgIpc) is 3.01. The van der Waals surface area contributed by atoms with Gasteiger partial charge in [0.05, 0.1) is 12.0 Å². The van der Waals surface area contributed by atoms with Crippen LogP contribution in [0.3, 0.4) is 0 Å². The number of hydrogen-bond donors (Lipinski definition) is 0. The maximum absolute atomic E-state index is 6.77. The smallest absolute Gasteiger partial charge is 0.122 e. The van der Waals surface area contributed by atoms with E-state index in [-0.39, 0.29) is 5.38 Å². The maximum Gasteiger partial charge on any atom is 0.122 e. The quantitative estimate of drug-likeness (QED) is 0.597. The highest BCUT2D eigenvalue weighted by Gasteiger charge is 2.18. The van der Waals surface area contributed by atoms with Gasteiger partial charge in [-0.3, -0.25) is 0 Å². The SMILES string of the molecule is ClC(c1ccc2c(c1)CCO2)c1cccc2ccccc12. The molecular weight excluding hydrogens is 280 g/mol. The van der Waals surface area contributed by atoms with Crippen molar-refractivity contribution in [2.75, 3.05) is 6.61 Å². The number of ether oxygens (including phenoxy) is 1. The van der Waals surface area contributed by atoms with Gasteiger partial charge in [-0.1, -0.05) is 54.6 Å². The first-order valence-corrected chi connectivity index (χ1v) is 7.64. The van der Waals surface area contributed by atoms with Crippen LogP contribution in [0.25, 0.3) is 10.8 Å². The molecule has 0 N–H and O–H groups in total. The summed E-state index contributed by atoms with van der Waals surface area (Å²) in [7, 11) is 0. The Labute approximate surface area is 129 Å². The van der Waals surface area contributed by atoms with Crippen LogP contribution < -0.4 is 4.74 Å². The first-order chi connectivity index (χ1) is 10.3. The maximum atomic E-state index is 6.77. The van der Waals surface area contributed by atoms with Crippen molar-refractivity contribution in [1.82, 2.24) is 0 Å². The molecule has 1 unspecified atom stereocenters. The molecule has 1 aliphatic heterocycles. The van der Waals surface area contributed by atoms with Crippen LogP contribution in [0, 0.1) is 0 Å². The van der Waals surface area contributed by atoms with E-state index in [4.69, 9.17) is 16.3 Å². The van der Waals surface area contributed by atoms with E-state index in [1.807, 2.05) is 6.07 Å². The summed E-state index contributed by atoms with van der Waals surface area (Å²) in [5.74, 6) is 1.00. The summed E-state index contributed by atoms with van der Waals surface area (Å²) in [6.07, 6.45) is 0.975. The van der Waals surface area contributed by atoms with Gasteiger partial charge in [0.25, 0.3) is 0 Å². The van der Waals surface area contributed by atoms with E-state index in [1.165, 1.54) is 16.3 Å². The minimum absolute atomic E-state index is 0.137. The van der Waals surface area contributed by atoms with Crippen LogP contribution in [0.15, 0.2) is 60.7 Å². The number of rotatable bonds is 2. The molecule has 3 aromatic carbocycles. The van der Waals surface area contributed by atoms with Crippen molar-refractivity contribution in [2.24, 2.45) is 0 Å². The molecule has 0 spiro atoms. The minimum Gasteiger partial charge on any atom is -0.493 e. The van der Waals surface area contributed by atoms with E-state index < -0.39 is 0 Å². The molecule has 0 aromatic heterocycles. The van der Waals surface area contributed by atoms with Crippen molar-refractivity contribution < 1.29 is 4.74 Å². The third-order valence-corrected chi connectivity index (χ3v) is 4.59. The number of benzene rings is 3. The van der Waals surface area contributed by atoms with Crippen LogP contribution in [-0.2, 0) is 6.42 Å². The highest BCUT2D eigenvalue weighted by atomic mass is 35.5. The van der Waals surface area contributed by atoms with Crippen molar-refractivity contribution in [3.05, 3.63) is 77.4 Å². The first-order valence-electron chi connectivity index (χ1n) is 7.20. The van der Waals surface area contributed by atoms with Gasteiger partial charge in [0.2, 0.25) is 0 Å². The van der Waals surface area contributed by atoms with Crippen molar-refractivity contribution in [3.8, 4) is 5.75 Å². The van der Waals surface area contributed by atoms with Gasteiger partial charge in [-0.05, 0) is 33.5 Å². The molecule has 1 aliphatic rings. The van der Waals surface area contributed by atoms with E-state index in [9.17, 15) is 0 Å². The molecule has 0 aliphatic carbocycles. The van der Waals surface area contributed by atoms with Gasteiger partial charge in [-0.25, -0.2) is 0 Å². The van der Waals surface area contributed by atoms with Gasteiger partial charge in [0.1, 0.15) is 5.75 Å². The zero-order chi connectivity index (χ0) is 14.2. The molecule has 0 saturated heterocycles. The van der Waals surface area contributed by atoms with Gasteiger partial charge >= 0.3 is 0 Å². The van der Waals surface area contributed by atoms with Gasteiger partial charge < -0.3 is 4.74 Å². The van der Waals surface area contributed by atoms with E-state index >= 15 is 0 Å². The lowest BCUT2D eigenvalue weighted by molar-refractivity contribution is 0.357. The van der Waals surface area contributed by atoms with Crippen molar-refractivity contribution in [2.45, 2.75) is 11.8 Å². The lowest BCUT2D eigenvalue weighted by Gasteiger charge is -2.14. The molecule has 0 radical (unpaired) electrons. The van der Waals surface area contributed by atoms with Crippen molar-refractivity contribution in [3.63, 3.8) is 0 Å². The van der Waals surface area contributed by atoms with Crippen LogP contribution in [0.1, 0.15) is 22.1 Å². The third kappa shape index (κ3) is 2.18. The van der Waals surface area contributed by atoms with Crippen LogP contribution in [0.2, 0.25) is 0 Å². The Morgan fingerprint density at radius 3 is 2.76 bits per heavy atom. The largest absolute Gasteiger partial charge is 0.493 e. The molecule has 104 valence electrons. The second kappa shape index (κ2) is 5.09. The number of hydrogen-bond acceptors (Lipinski definition) is 1. The summed E-state index contributed by atoms with van der Waals surface area (Å²) in [5.41, 5.74) is 3.56. The number of fused-ring (bicyclic) bond motifs is 2. The Hall–Kier alpha value is -1.99. The Bertz CT molecular complexity index is 804. The fraction of sp³-hybridized carbons (Fsp3) is 0.158. The number of alkyl halides is 1. The topological polar surface area (TPSA) is 9.23 Å². The zero-order valence-electron chi connectivity index (χ0n) is 11.6. The predicted molar refractivity (Wildman–Crippen MR) is 87.3 cm³/mol. The molecule has 2 heteroatoms. The normalized spacial score (nSPS) is 14.7. The molecule has 1 nitrogen and oxygen atoms in total. The van der Waals surface area contributed by atoms with Crippen LogP contribution in [-0.4, -0.2) is 6.61 Å². The molecule has 3 aromatic rings. The summed E-state index contributed by atoms with van der Waals surface area (Å²) in [6.45, 7) is 0.778. The van der Waals surface area contributed by atoms with E-state index in [2.05, 4.69) is 54.6 Å². The molecule has 1 heterocycles. The van der Waals surface area contributed by atoms with Crippen LogP contribution in [0.5, 0.6) is 5.75 Å². The molecule has 4 rings (SSSR count). The van der Waals surface area contributed by atoms with E-state index in [0.717, 1.165) is 29.9 Å². The van der Waals surface area contributed by atoms with Crippen molar-refractivity contribution >= 4 is 22.4 Å². The summed E-state index contributed by atoms with van der Waals surface area (Å²) < 4.78 is 5.57. The van der Waals surface area contributed by atoms with Gasteiger partial charge in [-0.2, -0.15) is 0 Å². The lowest BCUT2D eigenvalue weighted by atomic mass is 9.96. The van der Waals surface area contributed by atoms with Gasteiger partial charge in [0.15, 0.2) is 0 Å². The van der Waals surface area contributed by atoms with Gasteiger partial charge in [-0.15, -0.1) is 11.6 Å². The minimum atomic E-state index is -0.137. The molecule has 0 bridgehead atoms. The molecule has 0 amide bonds. The summed E-state index contributed by atoms with van der Waals surface area (Å²) >= 11 is 6.77. The number of halogens is 1. The third-order valence-electron chi connectivity index (χ3n) is 4.10. The molecule has 21 heavy (non-hydrogen) atoms. The Balaban J connectivity index is 1.81. The Morgan fingerprint density at radius 2 is 1.81 bits per heavy atom. The molecule has 0 saturated carbocycles. The summed E-state index contributed by atoms with van der Waals surface area (Å²) in [6, 6.07) is 21.0. The predicted octanol–water partition coefficient (Wildman–Crippen LogP) is 5.10. The Morgan fingerprint density at radius 1 is 0.952 bits per heavy atom. The second-order valence-corrected chi connectivity index (χ2v) is 5.83. The monoisotopic (exact) mass is 294 g/mol. The highest BCUT2D eigenvalue weighted by Crippen LogP contribution is 2.36. The summed E-state index contributed by atoms with van der Waals surface area (Å²) in [5, 5.41) is 2.31. The molecule has 0 fully saturated rings.